The van der Waals surface area contributed by atoms with Gasteiger partial charge in [0, 0.05) is 0 Å². The Labute approximate surface area is 95.7 Å². The van der Waals surface area contributed by atoms with E-state index in [1.54, 1.807) is 19.9 Å². The minimum atomic E-state index is -0.354. The Morgan fingerprint density at radius 2 is 2.00 bits per heavy atom. The van der Waals surface area contributed by atoms with E-state index in [2.05, 4.69) is 0 Å². The Balaban J connectivity index is 2.25. The molecule has 0 atom stereocenters. The normalized spacial score (nSPS) is 10.7. The Bertz CT molecular complexity index is 341. The second kappa shape index (κ2) is 6.67. The number of ether oxygens (including phenoxy) is 2. The third kappa shape index (κ3) is 5.20. The minimum absolute atomic E-state index is 0.0541. The van der Waals surface area contributed by atoms with Gasteiger partial charge in [-0.1, -0.05) is 30.3 Å². The highest BCUT2D eigenvalue weighted by Crippen LogP contribution is 2.01. The van der Waals surface area contributed by atoms with Crippen molar-refractivity contribution in [2.45, 2.75) is 20.0 Å². The SMILES string of the molecule is CC(C)OC(=O)COC=Cc1ccccc1. The van der Waals surface area contributed by atoms with Crippen LogP contribution in [0.4, 0.5) is 0 Å². The Hall–Kier alpha value is -1.77. The van der Waals surface area contributed by atoms with E-state index in [0.717, 1.165) is 5.56 Å². The average molecular weight is 220 g/mol. The van der Waals surface area contributed by atoms with Gasteiger partial charge in [-0.2, -0.15) is 0 Å². The average Bonchev–Trinajstić information content (AvgIpc) is 2.25. The fraction of sp³-hybridized carbons (Fsp3) is 0.308. The maximum atomic E-state index is 11.1. The first kappa shape index (κ1) is 12.3. The molecule has 0 aromatic heterocycles. The second-order valence-corrected chi connectivity index (χ2v) is 3.56. The fourth-order valence-electron chi connectivity index (χ4n) is 1.10. The van der Waals surface area contributed by atoms with E-state index in [1.807, 2.05) is 30.3 Å². The molecule has 0 unspecified atom stereocenters. The Morgan fingerprint density at radius 3 is 2.62 bits per heavy atom. The zero-order valence-corrected chi connectivity index (χ0v) is 9.55. The van der Waals surface area contributed by atoms with Crippen LogP contribution in [-0.4, -0.2) is 18.7 Å². The number of hydrogen-bond acceptors (Lipinski definition) is 3. The maximum Gasteiger partial charge on any atom is 0.344 e. The molecule has 1 aromatic rings. The maximum absolute atomic E-state index is 11.1. The molecule has 0 aliphatic heterocycles. The monoisotopic (exact) mass is 220 g/mol. The Morgan fingerprint density at radius 1 is 1.31 bits per heavy atom. The molecular weight excluding hydrogens is 204 g/mol. The van der Waals surface area contributed by atoms with E-state index in [9.17, 15) is 4.79 Å². The lowest BCUT2D eigenvalue weighted by atomic mass is 10.2. The van der Waals surface area contributed by atoms with Crippen molar-refractivity contribution in [2.75, 3.05) is 6.61 Å². The van der Waals surface area contributed by atoms with Crippen LogP contribution in [0.15, 0.2) is 36.6 Å². The summed E-state index contributed by atoms with van der Waals surface area (Å²) in [5.41, 5.74) is 1.03. The van der Waals surface area contributed by atoms with Gasteiger partial charge in [-0.3, -0.25) is 0 Å². The zero-order chi connectivity index (χ0) is 11.8. The largest absolute Gasteiger partial charge is 0.489 e. The predicted molar refractivity (Wildman–Crippen MR) is 62.7 cm³/mol. The number of rotatable bonds is 5. The van der Waals surface area contributed by atoms with Gasteiger partial charge in [0.1, 0.15) is 0 Å². The van der Waals surface area contributed by atoms with Crippen LogP contribution in [-0.2, 0) is 14.3 Å². The summed E-state index contributed by atoms with van der Waals surface area (Å²) in [5, 5.41) is 0. The van der Waals surface area contributed by atoms with Crippen LogP contribution < -0.4 is 0 Å². The molecule has 0 fully saturated rings. The molecule has 0 bridgehead atoms. The van der Waals surface area contributed by atoms with Crippen molar-refractivity contribution in [1.82, 2.24) is 0 Å². The van der Waals surface area contributed by atoms with Crippen LogP contribution in [0.5, 0.6) is 0 Å². The van der Waals surface area contributed by atoms with Gasteiger partial charge in [-0.05, 0) is 25.5 Å². The summed E-state index contributed by atoms with van der Waals surface area (Å²) in [7, 11) is 0. The van der Waals surface area contributed by atoms with Crippen molar-refractivity contribution < 1.29 is 14.3 Å². The summed E-state index contributed by atoms with van der Waals surface area (Å²) >= 11 is 0. The third-order valence-electron chi connectivity index (χ3n) is 1.72. The highest BCUT2D eigenvalue weighted by molar-refractivity contribution is 5.71. The van der Waals surface area contributed by atoms with Crippen LogP contribution in [0.1, 0.15) is 19.4 Å². The van der Waals surface area contributed by atoms with E-state index in [0.29, 0.717) is 0 Å². The Kier molecular flexibility index (Phi) is 5.12. The molecule has 0 saturated heterocycles. The molecule has 16 heavy (non-hydrogen) atoms. The van der Waals surface area contributed by atoms with Crippen molar-refractivity contribution >= 4 is 12.0 Å². The van der Waals surface area contributed by atoms with E-state index in [1.165, 1.54) is 6.26 Å². The molecular formula is C13H16O3. The van der Waals surface area contributed by atoms with E-state index >= 15 is 0 Å². The van der Waals surface area contributed by atoms with Crippen LogP contribution in [0, 0.1) is 0 Å². The fourth-order valence-corrected chi connectivity index (χ4v) is 1.10. The first-order valence-corrected chi connectivity index (χ1v) is 5.21. The molecule has 0 radical (unpaired) electrons. The van der Waals surface area contributed by atoms with Gasteiger partial charge in [0.05, 0.1) is 12.4 Å². The van der Waals surface area contributed by atoms with Gasteiger partial charge in [0.2, 0.25) is 0 Å². The second-order valence-electron chi connectivity index (χ2n) is 3.56. The van der Waals surface area contributed by atoms with Crippen molar-refractivity contribution in [3.8, 4) is 0 Å². The number of esters is 1. The van der Waals surface area contributed by atoms with Crippen molar-refractivity contribution in [3.63, 3.8) is 0 Å². The van der Waals surface area contributed by atoms with Crippen molar-refractivity contribution in [2.24, 2.45) is 0 Å². The third-order valence-corrected chi connectivity index (χ3v) is 1.72. The molecule has 0 amide bonds. The molecule has 0 aliphatic carbocycles. The summed E-state index contributed by atoms with van der Waals surface area (Å²) in [6.45, 7) is 3.55. The molecule has 1 aromatic carbocycles. The van der Waals surface area contributed by atoms with E-state index in [-0.39, 0.29) is 18.7 Å². The standard InChI is InChI=1S/C13H16O3/c1-11(2)16-13(14)10-15-9-8-12-6-4-3-5-7-12/h3-9,11H,10H2,1-2H3. The summed E-state index contributed by atoms with van der Waals surface area (Å²) in [4.78, 5) is 11.1. The molecule has 0 N–H and O–H groups in total. The van der Waals surface area contributed by atoms with Gasteiger partial charge >= 0.3 is 5.97 Å². The number of benzene rings is 1. The van der Waals surface area contributed by atoms with Gasteiger partial charge in [-0.15, -0.1) is 0 Å². The van der Waals surface area contributed by atoms with Gasteiger partial charge in [-0.25, -0.2) is 4.79 Å². The minimum Gasteiger partial charge on any atom is -0.489 e. The van der Waals surface area contributed by atoms with Crippen LogP contribution in [0.25, 0.3) is 6.08 Å². The molecule has 3 heteroatoms. The topological polar surface area (TPSA) is 35.5 Å². The molecule has 0 saturated carbocycles. The summed E-state index contributed by atoms with van der Waals surface area (Å²) in [6, 6.07) is 9.72. The van der Waals surface area contributed by atoms with Crippen LogP contribution in [0.2, 0.25) is 0 Å². The van der Waals surface area contributed by atoms with E-state index < -0.39 is 0 Å². The number of carbonyl (C=O) groups is 1. The predicted octanol–water partition coefficient (Wildman–Crippen LogP) is 2.63. The molecule has 1 rings (SSSR count). The highest BCUT2D eigenvalue weighted by Gasteiger charge is 2.03. The molecule has 3 nitrogen and oxygen atoms in total. The number of hydrogen-bond donors (Lipinski definition) is 0. The lowest BCUT2D eigenvalue weighted by molar-refractivity contribution is -0.150. The van der Waals surface area contributed by atoms with Crippen molar-refractivity contribution in [1.29, 1.82) is 0 Å². The molecule has 86 valence electrons. The van der Waals surface area contributed by atoms with Crippen LogP contribution in [0.3, 0.4) is 0 Å². The quantitative estimate of drug-likeness (QED) is 0.565. The van der Waals surface area contributed by atoms with Crippen LogP contribution >= 0.6 is 0 Å². The summed E-state index contributed by atoms with van der Waals surface area (Å²) < 4.78 is 9.95. The van der Waals surface area contributed by atoms with Gasteiger partial charge in [0.15, 0.2) is 6.61 Å². The van der Waals surface area contributed by atoms with E-state index in [4.69, 9.17) is 9.47 Å². The molecule has 0 aliphatic rings. The summed E-state index contributed by atoms with van der Waals surface area (Å²) in [6.07, 6.45) is 3.19. The van der Waals surface area contributed by atoms with Gasteiger partial charge < -0.3 is 9.47 Å². The first-order valence-electron chi connectivity index (χ1n) is 5.21. The zero-order valence-electron chi connectivity index (χ0n) is 9.55. The molecule has 0 spiro atoms. The van der Waals surface area contributed by atoms with Gasteiger partial charge in [0.25, 0.3) is 0 Å². The molecule has 0 heterocycles. The number of carbonyl (C=O) groups excluding carboxylic acids is 1. The smallest absolute Gasteiger partial charge is 0.344 e. The summed E-state index contributed by atoms with van der Waals surface area (Å²) in [5.74, 6) is -0.354. The van der Waals surface area contributed by atoms with Crippen molar-refractivity contribution in [3.05, 3.63) is 42.2 Å². The lowest BCUT2D eigenvalue weighted by Gasteiger charge is -2.06. The lowest BCUT2D eigenvalue weighted by Crippen LogP contribution is -2.15. The highest BCUT2D eigenvalue weighted by atomic mass is 16.6. The first-order chi connectivity index (χ1) is 7.68.